The molecular formula is C12H10N2O2S2. The predicted molar refractivity (Wildman–Crippen MR) is 72.6 cm³/mol. The molecule has 2 rings (SSSR count). The van der Waals surface area contributed by atoms with Gasteiger partial charge in [-0.3, -0.25) is 0 Å². The molecule has 0 aliphatic carbocycles. The first-order valence-corrected chi connectivity index (χ1v) is 6.99. The second-order valence-corrected chi connectivity index (χ2v) is 5.23. The summed E-state index contributed by atoms with van der Waals surface area (Å²) in [6.45, 7) is 0. The zero-order chi connectivity index (χ0) is 12.8. The first kappa shape index (κ1) is 12.8. The summed E-state index contributed by atoms with van der Waals surface area (Å²) in [4.78, 5) is 19.8. The quantitative estimate of drug-likeness (QED) is 0.517. The summed E-state index contributed by atoms with van der Waals surface area (Å²) in [5.41, 5.74) is 0.936. The van der Waals surface area contributed by atoms with Crippen molar-refractivity contribution < 1.29 is 9.90 Å². The SMILES string of the molecule is O=C(O)C=Cc1ccsc1CSc1ncccn1. The van der Waals surface area contributed by atoms with Crippen LogP contribution < -0.4 is 0 Å². The lowest BCUT2D eigenvalue weighted by atomic mass is 10.2. The Bertz CT molecular complexity index is 552. The van der Waals surface area contributed by atoms with Crippen LogP contribution in [0.15, 0.2) is 41.1 Å². The number of carboxylic acid groups (broad SMARTS) is 1. The lowest BCUT2D eigenvalue weighted by Crippen LogP contribution is -1.87. The molecule has 1 N–H and O–H groups in total. The molecule has 4 nitrogen and oxygen atoms in total. The van der Waals surface area contributed by atoms with Gasteiger partial charge in [-0.2, -0.15) is 0 Å². The highest BCUT2D eigenvalue weighted by atomic mass is 32.2. The zero-order valence-corrected chi connectivity index (χ0v) is 10.9. The number of rotatable bonds is 5. The molecule has 0 fully saturated rings. The summed E-state index contributed by atoms with van der Waals surface area (Å²) in [6.07, 6.45) is 6.17. The van der Waals surface area contributed by atoms with E-state index >= 15 is 0 Å². The number of aromatic nitrogens is 2. The number of aliphatic carboxylic acids is 1. The minimum Gasteiger partial charge on any atom is -0.478 e. The van der Waals surface area contributed by atoms with Crippen molar-refractivity contribution in [3.63, 3.8) is 0 Å². The maximum absolute atomic E-state index is 10.5. The van der Waals surface area contributed by atoms with Gasteiger partial charge in [-0.1, -0.05) is 11.8 Å². The van der Waals surface area contributed by atoms with Crippen LogP contribution in [0.5, 0.6) is 0 Å². The molecule has 92 valence electrons. The Kier molecular flexibility index (Phi) is 4.49. The Labute approximate surface area is 112 Å². The fourth-order valence-electron chi connectivity index (χ4n) is 1.27. The average molecular weight is 278 g/mol. The predicted octanol–water partition coefficient (Wildman–Crippen LogP) is 2.93. The first-order valence-electron chi connectivity index (χ1n) is 5.13. The number of hydrogen-bond acceptors (Lipinski definition) is 5. The standard InChI is InChI=1S/C12H10N2O2S2/c15-11(16)3-2-9-4-7-17-10(9)8-18-12-13-5-1-6-14-12/h1-7H,8H2,(H,15,16). The maximum Gasteiger partial charge on any atom is 0.328 e. The third-order valence-electron chi connectivity index (χ3n) is 2.06. The van der Waals surface area contributed by atoms with E-state index in [1.165, 1.54) is 11.8 Å². The van der Waals surface area contributed by atoms with Gasteiger partial charge in [0.25, 0.3) is 0 Å². The number of thioether (sulfide) groups is 1. The number of nitrogens with zero attached hydrogens (tertiary/aromatic N) is 2. The monoisotopic (exact) mass is 278 g/mol. The molecule has 0 amide bonds. The van der Waals surface area contributed by atoms with Gasteiger partial charge in [0.15, 0.2) is 5.16 Å². The molecule has 0 radical (unpaired) electrons. The normalized spacial score (nSPS) is 10.9. The highest BCUT2D eigenvalue weighted by molar-refractivity contribution is 7.98. The van der Waals surface area contributed by atoms with Crippen LogP contribution in [-0.4, -0.2) is 21.0 Å². The van der Waals surface area contributed by atoms with Gasteiger partial charge in [-0.15, -0.1) is 11.3 Å². The van der Waals surface area contributed by atoms with Crippen LogP contribution in [0.1, 0.15) is 10.4 Å². The molecule has 6 heteroatoms. The largest absolute Gasteiger partial charge is 0.478 e. The van der Waals surface area contributed by atoms with E-state index in [4.69, 9.17) is 5.11 Å². The van der Waals surface area contributed by atoms with Crippen LogP contribution in [0.2, 0.25) is 0 Å². The molecular weight excluding hydrogens is 268 g/mol. The van der Waals surface area contributed by atoms with Crippen molar-refractivity contribution >= 4 is 35.1 Å². The molecule has 18 heavy (non-hydrogen) atoms. The van der Waals surface area contributed by atoms with Crippen LogP contribution >= 0.6 is 23.1 Å². The second kappa shape index (κ2) is 6.32. The number of thiophene rings is 1. The molecule has 0 spiro atoms. The van der Waals surface area contributed by atoms with E-state index in [2.05, 4.69) is 9.97 Å². The van der Waals surface area contributed by atoms with E-state index in [0.717, 1.165) is 27.4 Å². The molecule has 0 aromatic carbocycles. The van der Waals surface area contributed by atoms with Gasteiger partial charge >= 0.3 is 5.97 Å². The zero-order valence-electron chi connectivity index (χ0n) is 9.31. The number of carbonyl (C=O) groups is 1. The second-order valence-electron chi connectivity index (χ2n) is 3.29. The lowest BCUT2D eigenvalue weighted by Gasteiger charge is -1.99. The van der Waals surface area contributed by atoms with Gasteiger partial charge in [0, 0.05) is 29.1 Å². The minimum atomic E-state index is -0.939. The summed E-state index contributed by atoms with van der Waals surface area (Å²) < 4.78 is 0. The fraction of sp³-hybridized carbons (Fsp3) is 0.0833. The Morgan fingerprint density at radius 3 is 2.94 bits per heavy atom. The summed E-state index contributed by atoms with van der Waals surface area (Å²) >= 11 is 3.13. The van der Waals surface area contributed by atoms with Gasteiger partial charge in [-0.25, -0.2) is 14.8 Å². The third kappa shape index (κ3) is 3.68. The van der Waals surface area contributed by atoms with Gasteiger partial charge in [-0.05, 0) is 29.2 Å². The first-order chi connectivity index (χ1) is 8.75. The van der Waals surface area contributed by atoms with Gasteiger partial charge < -0.3 is 5.11 Å². The number of hydrogen-bond donors (Lipinski definition) is 1. The lowest BCUT2D eigenvalue weighted by molar-refractivity contribution is -0.131. The van der Waals surface area contributed by atoms with E-state index in [9.17, 15) is 4.79 Å². The fourth-order valence-corrected chi connectivity index (χ4v) is 3.07. The molecule has 0 bridgehead atoms. The highest BCUT2D eigenvalue weighted by Crippen LogP contribution is 2.26. The van der Waals surface area contributed by atoms with Gasteiger partial charge in [0.05, 0.1) is 0 Å². The van der Waals surface area contributed by atoms with Crippen LogP contribution in [0.3, 0.4) is 0 Å². The van der Waals surface area contributed by atoms with Crippen LogP contribution in [-0.2, 0) is 10.5 Å². The van der Waals surface area contributed by atoms with Crippen molar-refractivity contribution in [3.05, 3.63) is 46.4 Å². The number of carboxylic acids is 1. The van der Waals surface area contributed by atoms with Gasteiger partial charge in [0.1, 0.15) is 0 Å². The van der Waals surface area contributed by atoms with E-state index in [-0.39, 0.29) is 0 Å². The Balaban J connectivity index is 2.02. The highest BCUT2D eigenvalue weighted by Gasteiger charge is 2.04. The molecule has 0 saturated heterocycles. The van der Waals surface area contributed by atoms with E-state index in [1.807, 2.05) is 11.4 Å². The summed E-state index contributed by atoms with van der Waals surface area (Å²) in [7, 11) is 0. The topological polar surface area (TPSA) is 63.1 Å². The van der Waals surface area contributed by atoms with Crippen LogP contribution in [0, 0.1) is 0 Å². The molecule has 2 heterocycles. The van der Waals surface area contributed by atoms with Crippen molar-refractivity contribution in [2.75, 3.05) is 0 Å². The average Bonchev–Trinajstić information content (AvgIpc) is 2.82. The molecule has 2 aromatic heterocycles. The molecule has 0 aliphatic rings. The van der Waals surface area contributed by atoms with Crippen molar-refractivity contribution in [2.45, 2.75) is 10.9 Å². The molecule has 0 atom stereocenters. The van der Waals surface area contributed by atoms with Crippen molar-refractivity contribution in [1.82, 2.24) is 9.97 Å². The molecule has 0 saturated carbocycles. The Morgan fingerprint density at radius 2 is 2.22 bits per heavy atom. The summed E-state index contributed by atoms with van der Waals surface area (Å²) in [5.74, 6) is -0.202. The van der Waals surface area contributed by atoms with Gasteiger partial charge in [0.2, 0.25) is 0 Å². The van der Waals surface area contributed by atoms with Crippen LogP contribution in [0.4, 0.5) is 0 Å². The van der Waals surface area contributed by atoms with Crippen molar-refractivity contribution in [1.29, 1.82) is 0 Å². The molecule has 2 aromatic rings. The van der Waals surface area contributed by atoms with E-state index in [1.54, 1.807) is 35.9 Å². The van der Waals surface area contributed by atoms with E-state index in [0.29, 0.717) is 0 Å². The molecule has 0 aliphatic heterocycles. The van der Waals surface area contributed by atoms with Crippen LogP contribution in [0.25, 0.3) is 6.08 Å². The smallest absolute Gasteiger partial charge is 0.328 e. The minimum absolute atomic E-state index is 0.721. The van der Waals surface area contributed by atoms with Crippen molar-refractivity contribution in [3.8, 4) is 0 Å². The van der Waals surface area contributed by atoms with Crippen molar-refractivity contribution in [2.24, 2.45) is 0 Å². The Hall–Kier alpha value is -1.66. The summed E-state index contributed by atoms with van der Waals surface area (Å²) in [5, 5.41) is 11.3. The Morgan fingerprint density at radius 1 is 1.44 bits per heavy atom. The third-order valence-corrected chi connectivity index (χ3v) is 4.08. The summed E-state index contributed by atoms with van der Waals surface area (Å²) in [6, 6.07) is 3.68. The van der Waals surface area contributed by atoms with E-state index < -0.39 is 5.97 Å². The molecule has 0 unspecified atom stereocenters. The maximum atomic E-state index is 10.5.